The first kappa shape index (κ1) is 18.1. The fourth-order valence-electron chi connectivity index (χ4n) is 3.69. The summed E-state index contributed by atoms with van der Waals surface area (Å²) >= 11 is 0. The maximum Gasteiger partial charge on any atom is 0.261 e. The lowest BCUT2D eigenvalue weighted by Gasteiger charge is -2.20. The molecule has 0 aromatic heterocycles. The molecule has 0 heterocycles. The highest BCUT2D eigenvalue weighted by atomic mass is 32.2. The number of rotatable bonds is 5. The van der Waals surface area contributed by atoms with Gasteiger partial charge >= 0.3 is 0 Å². The maximum absolute atomic E-state index is 12.7. The highest BCUT2D eigenvalue weighted by Gasteiger charge is 2.30. The van der Waals surface area contributed by atoms with Crippen molar-refractivity contribution in [3.05, 3.63) is 34.9 Å². The molecular formula is C18H24N2O4S. The Balaban J connectivity index is 1.87. The van der Waals surface area contributed by atoms with Gasteiger partial charge < -0.3 is 0 Å². The molecule has 136 valence electrons. The molecule has 7 heteroatoms. The van der Waals surface area contributed by atoms with E-state index < -0.39 is 22.0 Å². The van der Waals surface area contributed by atoms with Gasteiger partial charge in [0, 0.05) is 0 Å². The highest BCUT2D eigenvalue weighted by molar-refractivity contribution is 7.89. The van der Waals surface area contributed by atoms with E-state index in [2.05, 4.69) is 4.72 Å². The zero-order valence-electron chi connectivity index (χ0n) is 14.5. The van der Waals surface area contributed by atoms with E-state index in [0.717, 1.165) is 24.8 Å². The minimum Gasteiger partial charge on any atom is -0.289 e. The molecule has 2 aliphatic carbocycles. The second kappa shape index (κ2) is 6.90. The van der Waals surface area contributed by atoms with Gasteiger partial charge in [0.2, 0.25) is 10.0 Å². The molecule has 0 saturated carbocycles. The van der Waals surface area contributed by atoms with Crippen LogP contribution >= 0.6 is 0 Å². The molecule has 0 aliphatic heterocycles. The van der Waals surface area contributed by atoms with E-state index in [1.807, 2.05) is 6.07 Å². The van der Waals surface area contributed by atoms with Gasteiger partial charge in [0.25, 0.3) is 5.91 Å². The lowest BCUT2D eigenvalue weighted by molar-refractivity contribution is -0.131. The van der Waals surface area contributed by atoms with Crippen LogP contribution in [-0.4, -0.2) is 25.6 Å². The van der Waals surface area contributed by atoms with Crippen molar-refractivity contribution in [2.45, 2.75) is 56.9 Å². The Labute approximate surface area is 148 Å². The third-order valence-electron chi connectivity index (χ3n) is 5.04. The zero-order valence-corrected chi connectivity index (χ0v) is 15.3. The van der Waals surface area contributed by atoms with Crippen LogP contribution in [0.1, 0.15) is 50.7 Å². The van der Waals surface area contributed by atoms with Crippen molar-refractivity contribution >= 4 is 21.5 Å². The molecule has 1 atom stereocenters. The topological polar surface area (TPSA) is 95.5 Å². The summed E-state index contributed by atoms with van der Waals surface area (Å²) in [6.07, 6.45) is 5.37. The number of sulfonamides is 1. The van der Waals surface area contributed by atoms with Crippen LogP contribution in [0, 0.1) is 5.92 Å². The molecule has 6 nitrogen and oxygen atoms in total. The van der Waals surface area contributed by atoms with Gasteiger partial charge in [-0.1, -0.05) is 25.5 Å². The van der Waals surface area contributed by atoms with Crippen LogP contribution in [0.3, 0.4) is 0 Å². The van der Waals surface area contributed by atoms with Crippen LogP contribution in [0.2, 0.25) is 0 Å². The first-order chi connectivity index (χ1) is 11.8. The average Bonchev–Trinajstić information content (AvgIpc) is 2.96. The normalized spacial score (nSPS) is 18.1. The molecule has 3 N–H and O–H groups in total. The SMILES string of the molecule is CC(C)C(NS(=O)(=O)c1ccc2c(c1)CC1=C2CCCC1)C(=O)NO. The lowest BCUT2D eigenvalue weighted by Crippen LogP contribution is -2.48. The van der Waals surface area contributed by atoms with E-state index in [4.69, 9.17) is 5.21 Å². The molecule has 0 fully saturated rings. The second-order valence-electron chi connectivity index (χ2n) is 7.10. The van der Waals surface area contributed by atoms with Gasteiger partial charge in [-0.05, 0) is 66.9 Å². The maximum atomic E-state index is 12.7. The Morgan fingerprint density at radius 1 is 1.20 bits per heavy atom. The van der Waals surface area contributed by atoms with Crippen molar-refractivity contribution < 1.29 is 18.4 Å². The first-order valence-electron chi connectivity index (χ1n) is 8.64. The quantitative estimate of drug-likeness (QED) is 0.552. The van der Waals surface area contributed by atoms with Gasteiger partial charge in [-0.3, -0.25) is 10.0 Å². The number of hydrogen-bond donors (Lipinski definition) is 3. The third kappa shape index (κ3) is 3.49. The monoisotopic (exact) mass is 364 g/mol. The molecular weight excluding hydrogens is 340 g/mol. The summed E-state index contributed by atoms with van der Waals surface area (Å²) in [4.78, 5) is 11.9. The molecule has 1 aromatic rings. The van der Waals surface area contributed by atoms with E-state index in [-0.39, 0.29) is 10.8 Å². The smallest absolute Gasteiger partial charge is 0.261 e. The van der Waals surface area contributed by atoms with Gasteiger partial charge in [-0.25, -0.2) is 13.9 Å². The van der Waals surface area contributed by atoms with Crippen LogP contribution < -0.4 is 10.2 Å². The molecule has 1 aromatic carbocycles. The predicted octanol–water partition coefficient (Wildman–Crippen LogP) is 2.38. The Hall–Kier alpha value is -1.70. The van der Waals surface area contributed by atoms with Crippen LogP contribution in [-0.2, 0) is 21.2 Å². The third-order valence-corrected chi connectivity index (χ3v) is 6.48. The Morgan fingerprint density at radius 2 is 1.92 bits per heavy atom. The number of carbonyl (C=O) groups is 1. The molecule has 25 heavy (non-hydrogen) atoms. The van der Waals surface area contributed by atoms with Gasteiger partial charge in [-0.2, -0.15) is 4.72 Å². The van der Waals surface area contributed by atoms with Crippen molar-refractivity contribution in [1.29, 1.82) is 0 Å². The Kier molecular flexibility index (Phi) is 4.99. The number of hydroxylamine groups is 1. The number of nitrogens with one attached hydrogen (secondary N) is 2. The molecule has 1 amide bonds. The summed E-state index contributed by atoms with van der Waals surface area (Å²) in [5.41, 5.74) is 6.56. The Morgan fingerprint density at radius 3 is 2.60 bits per heavy atom. The summed E-state index contributed by atoms with van der Waals surface area (Å²) in [6.45, 7) is 3.42. The van der Waals surface area contributed by atoms with E-state index in [1.54, 1.807) is 26.0 Å². The van der Waals surface area contributed by atoms with Crippen LogP contribution in [0.25, 0.3) is 5.57 Å². The fourth-order valence-corrected chi connectivity index (χ4v) is 5.09. The summed E-state index contributed by atoms with van der Waals surface area (Å²) in [5, 5.41) is 8.83. The van der Waals surface area contributed by atoms with Crippen molar-refractivity contribution in [3.8, 4) is 0 Å². The standard InChI is InChI=1S/C18H24N2O4S/c1-11(2)17(18(21)19-22)20-25(23,24)14-7-8-16-13(10-14)9-12-5-3-4-6-15(12)16/h7-8,10-11,17,20,22H,3-6,9H2,1-2H3,(H,19,21). The van der Waals surface area contributed by atoms with Crippen molar-refractivity contribution in [1.82, 2.24) is 10.2 Å². The summed E-state index contributed by atoms with van der Waals surface area (Å²) in [7, 11) is -3.85. The van der Waals surface area contributed by atoms with Crippen LogP contribution in [0.15, 0.2) is 28.7 Å². The molecule has 0 saturated heterocycles. The van der Waals surface area contributed by atoms with Gasteiger partial charge in [0.1, 0.15) is 6.04 Å². The van der Waals surface area contributed by atoms with E-state index in [9.17, 15) is 13.2 Å². The fraction of sp³-hybridized carbons (Fsp3) is 0.500. The van der Waals surface area contributed by atoms with Crippen LogP contribution in [0.4, 0.5) is 0 Å². The average molecular weight is 364 g/mol. The van der Waals surface area contributed by atoms with Gasteiger partial charge in [-0.15, -0.1) is 0 Å². The number of amides is 1. The van der Waals surface area contributed by atoms with Gasteiger partial charge in [0.15, 0.2) is 0 Å². The minimum atomic E-state index is -3.85. The van der Waals surface area contributed by atoms with Crippen LogP contribution in [0.5, 0.6) is 0 Å². The largest absolute Gasteiger partial charge is 0.289 e. The van der Waals surface area contributed by atoms with Crippen molar-refractivity contribution in [2.75, 3.05) is 0 Å². The number of benzene rings is 1. The molecule has 2 aliphatic rings. The van der Waals surface area contributed by atoms with Crippen molar-refractivity contribution in [3.63, 3.8) is 0 Å². The highest BCUT2D eigenvalue weighted by Crippen LogP contribution is 2.42. The van der Waals surface area contributed by atoms with Crippen molar-refractivity contribution in [2.24, 2.45) is 5.92 Å². The Bertz CT molecular complexity index is 827. The molecule has 0 bridgehead atoms. The summed E-state index contributed by atoms with van der Waals surface area (Å²) in [5.74, 6) is -1.07. The molecule has 1 unspecified atom stereocenters. The van der Waals surface area contributed by atoms with E-state index >= 15 is 0 Å². The molecule has 0 spiro atoms. The number of allylic oxidation sites excluding steroid dienone is 2. The summed E-state index contributed by atoms with van der Waals surface area (Å²) in [6, 6.07) is 4.16. The minimum absolute atomic E-state index is 0.155. The van der Waals surface area contributed by atoms with Gasteiger partial charge in [0.05, 0.1) is 4.90 Å². The van der Waals surface area contributed by atoms with E-state index in [0.29, 0.717) is 0 Å². The first-order valence-corrected chi connectivity index (χ1v) is 10.1. The molecule has 3 rings (SSSR count). The number of hydrogen-bond acceptors (Lipinski definition) is 4. The van der Waals surface area contributed by atoms with E-state index in [1.165, 1.54) is 35.0 Å². The summed E-state index contributed by atoms with van der Waals surface area (Å²) < 4.78 is 27.8. The lowest BCUT2D eigenvalue weighted by atomic mass is 9.92. The second-order valence-corrected chi connectivity index (χ2v) is 8.82. The number of carbonyl (C=O) groups excluding carboxylic acids is 1. The zero-order chi connectivity index (χ0) is 18.2. The molecule has 0 radical (unpaired) electrons. The predicted molar refractivity (Wildman–Crippen MR) is 94.4 cm³/mol. The number of fused-ring (bicyclic) bond motifs is 2.